The quantitative estimate of drug-likeness (QED) is 0.304. The van der Waals surface area contributed by atoms with E-state index in [0.29, 0.717) is 21.6 Å². The first-order chi connectivity index (χ1) is 12.5. The van der Waals surface area contributed by atoms with E-state index in [1.165, 1.54) is 24.3 Å². The third-order valence-electron chi connectivity index (χ3n) is 3.67. The van der Waals surface area contributed by atoms with Gasteiger partial charge in [-0.3, -0.25) is 10.1 Å². The fourth-order valence-corrected chi connectivity index (χ4v) is 2.60. The summed E-state index contributed by atoms with van der Waals surface area (Å²) in [6, 6.07) is 12.0. The summed E-state index contributed by atoms with van der Waals surface area (Å²) in [4.78, 5) is 22.4. The molecule has 2 aromatic heterocycles. The molecule has 0 unspecified atom stereocenters. The molecule has 2 heterocycles. The first kappa shape index (κ1) is 16.0. The number of halogens is 1. The van der Waals surface area contributed by atoms with E-state index in [0.717, 1.165) is 0 Å². The van der Waals surface area contributed by atoms with Gasteiger partial charge in [-0.2, -0.15) is 0 Å². The van der Waals surface area contributed by atoms with Gasteiger partial charge in [0.05, 0.1) is 4.92 Å². The first-order valence-corrected chi connectivity index (χ1v) is 7.71. The summed E-state index contributed by atoms with van der Waals surface area (Å²) in [7, 11) is 0. The Labute approximate surface area is 149 Å². The van der Waals surface area contributed by atoms with Crippen LogP contribution in [0.15, 0.2) is 62.2 Å². The fourth-order valence-electron chi connectivity index (χ4n) is 2.42. The number of nitro benzene ring substituents is 1. The molecule has 26 heavy (non-hydrogen) atoms. The van der Waals surface area contributed by atoms with Crippen LogP contribution in [0.5, 0.6) is 0 Å². The zero-order valence-electron chi connectivity index (χ0n) is 12.9. The zero-order chi connectivity index (χ0) is 18.3. The highest BCUT2D eigenvalue weighted by Crippen LogP contribution is 2.26. The molecule has 128 valence electrons. The molecule has 0 fully saturated rings. The second-order valence-electron chi connectivity index (χ2n) is 5.35. The van der Waals surface area contributed by atoms with Gasteiger partial charge in [-0.15, -0.1) is 10.2 Å². The van der Waals surface area contributed by atoms with E-state index in [-0.39, 0.29) is 23.0 Å². The molecule has 8 nitrogen and oxygen atoms in total. The van der Waals surface area contributed by atoms with Gasteiger partial charge in [0.15, 0.2) is 0 Å². The minimum Gasteiger partial charge on any atom is -0.422 e. The maximum atomic E-state index is 12.2. The second-order valence-corrected chi connectivity index (χ2v) is 5.78. The molecule has 0 saturated heterocycles. The van der Waals surface area contributed by atoms with Gasteiger partial charge in [-0.25, -0.2) is 4.79 Å². The Balaban J connectivity index is 1.76. The normalized spacial score (nSPS) is 11.0. The molecule has 0 spiro atoms. The monoisotopic (exact) mass is 369 g/mol. The molecule has 0 aliphatic rings. The van der Waals surface area contributed by atoms with Crippen LogP contribution >= 0.6 is 11.6 Å². The van der Waals surface area contributed by atoms with Crippen molar-refractivity contribution in [2.75, 3.05) is 0 Å². The van der Waals surface area contributed by atoms with Gasteiger partial charge in [-0.1, -0.05) is 11.6 Å². The van der Waals surface area contributed by atoms with Crippen molar-refractivity contribution in [2.24, 2.45) is 0 Å². The maximum Gasteiger partial charge on any atom is 0.349 e. The second kappa shape index (κ2) is 6.08. The lowest BCUT2D eigenvalue weighted by atomic mass is 10.2. The van der Waals surface area contributed by atoms with Gasteiger partial charge in [0.1, 0.15) is 11.1 Å². The van der Waals surface area contributed by atoms with Gasteiger partial charge >= 0.3 is 5.63 Å². The van der Waals surface area contributed by atoms with Crippen LogP contribution < -0.4 is 5.63 Å². The summed E-state index contributed by atoms with van der Waals surface area (Å²) >= 11 is 5.96. The predicted octanol–water partition coefficient (Wildman–Crippen LogP) is 4.07. The van der Waals surface area contributed by atoms with E-state index in [1.54, 1.807) is 24.3 Å². The van der Waals surface area contributed by atoms with Crippen LogP contribution in [0.25, 0.3) is 33.9 Å². The highest BCUT2D eigenvalue weighted by Gasteiger charge is 2.16. The average molecular weight is 370 g/mol. The molecular formula is C17H8ClN3O5. The molecule has 0 amide bonds. The lowest BCUT2D eigenvalue weighted by Crippen LogP contribution is -2.02. The van der Waals surface area contributed by atoms with Crippen LogP contribution in [-0.2, 0) is 0 Å². The summed E-state index contributed by atoms with van der Waals surface area (Å²) in [5, 5.41) is 19.6. The number of aromatic nitrogens is 2. The molecule has 0 aliphatic heterocycles. The first-order valence-electron chi connectivity index (χ1n) is 7.33. The minimum atomic E-state index is -0.626. The smallest absolute Gasteiger partial charge is 0.349 e. The average Bonchev–Trinajstić information content (AvgIpc) is 3.11. The summed E-state index contributed by atoms with van der Waals surface area (Å²) in [6.07, 6.45) is 0. The highest BCUT2D eigenvalue weighted by molar-refractivity contribution is 6.31. The number of nitro groups is 1. The number of rotatable bonds is 3. The van der Waals surface area contributed by atoms with E-state index < -0.39 is 10.5 Å². The number of hydrogen-bond acceptors (Lipinski definition) is 7. The number of benzene rings is 2. The topological polar surface area (TPSA) is 112 Å². The van der Waals surface area contributed by atoms with Crippen molar-refractivity contribution >= 4 is 28.3 Å². The molecule has 0 saturated carbocycles. The molecule has 9 heteroatoms. The van der Waals surface area contributed by atoms with E-state index in [2.05, 4.69) is 10.2 Å². The van der Waals surface area contributed by atoms with Crippen molar-refractivity contribution in [2.45, 2.75) is 0 Å². The summed E-state index contributed by atoms with van der Waals surface area (Å²) in [6.45, 7) is 0. The van der Waals surface area contributed by atoms with Gasteiger partial charge in [0.2, 0.25) is 5.89 Å². The Bertz CT molecular complexity index is 1200. The van der Waals surface area contributed by atoms with E-state index in [1.807, 2.05) is 0 Å². The van der Waals surface area contributed by atoms with Crippen molar-refractivity contribution in [3.63, 3.8) is 0 Å². The fraction of sp³-hybridized carbons (Fsp3) is 0. The lowest BCUT2D eigenvalue weighted by molar-refractivity contribution is -0.384. The molecule has 2 aromatic carbocycles. The Morgan fingerprint density at radius 3 is 2.42 bits per heavy atom. The Hall–Kier alpha value is -3.52. The van der Waals surface area contributed by atoms with Crippen molar-refractivity contribution in [3.8, 4) is 22.9 Å². The highest BCUT2D eigenvalue weighted by atomic mass is 35.5. The number of nitrogens with zero attached hydrogens (tertiary/aromatic N) is 3. The van der Waals surface area contributed by atoms with Gasteiger partial charge in [0, 0.05) is 28.1 Å². The number of non-ortho nitro benzene ring substituents is 1. The maximum absolute atomic E-state index is 12.2. The number of fused-ring (bicyclic) bond motifs is 1. The molecular weight excluding hydrogens is 362 g/mol. The summed E-state index contributed by atoms with van der Waals surface area (Å²) < 4.78 is 10.8. The van der Waals surface area contributed by atoms with Crippen molar-refractivity contribution in [3.05, 3.63) is 74.1 Å². The van der Waals surface area contributed by atoms with Crippen LogP contribution in [0.4, 0.5) is 5.69 Å². The molecule has 0 N–H and O–H groups in total. The third kappa shape index (κ3) is 2.82. The predicted molar refractivity (Wildman–Crippen MR) is 92.9 cm³/mol. The molecule has 0 atom stereocenters. The Morgan fingerprint density at radius 2 is 1.69 bits per heavy atom. The lowest BCUT2D eigenvalue weighted by Gasteiger charge is -1.99. The van der Waals surface area contributed by atoms with Crippen molar-refractivity contribution in [1.82, 2.24) is 10.2 Å². The van der Waals surface area contributed by atoms with E-state index >= 15 is 0 Å². The molecule has 0 bridgehead atoms. The summed E-state index contributed by atoms with van der Waals surface area (Å²) in [5.41, 5.74) is 0.292. The molecule has 4 aromatic rings. The third-order valence-corrected chi connectivity index (χ3v) is 3.91. The summed E-state index contributed by atoms with van der Waals surface area (Å²) in [5.74, 6) is 0.106. The molecule has 0 radical (unpaired) electrons. The standard InChI is InChI=1S/C17H8ClN3O5/c18-11-3-6-14-10(7-11)8-13(17(22)25-14)16-20-19-15(26-16)9-1-4-12(5-2-9)21(23)24/h1-8H. The van der Waals surface area contributed by atoms with Crippen molar-refractivity contribution in [1.29, 1.82) is 0 Å². The van der Waals surface area contributed by atoms with Crippen molar-refractivity contribution < 1.29 is 13.8 Å². The minimum absolute atomic E-state index is 0.0195. The number of hydrogen-bond donors (Lipinski definition) is 0. The zero-order valence-corrected chi connectivity index (χ0v) is 13.6. The van der Waals surface area contributed by atoms with Crippen LogP contribution in [-0.4, -0.2) is 15.1 Å². The largest absolute Gasteiger partial charge is 0.422 e. The Morgan fingerprint density at radius 1 is 0.962 bits per heavy atom. The van der Waals surface area contributed by atoms with Crippen LogP contribution in [0, 0.1) is 10.1 Å². The van der Waals surface area contributed by atoms with Crippen LogP contribution in [0.1, 0.15) is 0 Å². The van der Waals surface area contributed by atoms with Gasteiger partial charge < -0.3 is 8.83 Å². The van der Waals surface area contributed by atoms with Gasteiger partial charge in [0.25, 0.3) is 11.6 Å². The van der Waals surface area contributed by atoms with Crippen LogP contribution in [0.3, 0.4) is 0 Å². The Kier molecular flexibility index (Phi) is 3.74. The van der Waals surface area contributed by atoms with Crippen LogP contribution in [0.2, 0.25) is 5.02 Å². The van der Waals surface area contributed by atoms with E-state index in [4.69, 9.17) is 20.4 Å². The SMILES string of the molecule is O=c1oc2ccc(Cl)cc2cc1-c1nnc(-c2ccc([N+](=O)[O-])cc2)o1. The molecule has 4 rings (SSSR count). The molecule has 0 aliphatic carbocycles. The van der Waals surface area contributed by atoms with Gasteiger partial charge in [-0.05, 0) is 36.4 Å². The van der Waals surface area contributed by atoms with E-state index in [9.17, 15) is 14.9 Å².